The van der Waals surface area contributed by atoms with Crippen LogP contribution in [0.25, 0.3) is 5.52 Å². The van der Waals surface area contributed by atoms with Crippen LogP contribution in [0.2, 0.25) is 0 Å². The summed E-state index contributed by atoms with van der Waals surface area (Å²) in [6.07, 6.45) is 1.47. The van der Waals surface area contributed by atoms with Crippen molar-refractivity contribution in [3.05, 3.63) is 58.5 Å². The van der Waals surface area contributed by atoms with E-state index in [0.29, 0.717) is 11.9 Å². The van der Waals surface area contributed by atoms with Crippen LogP contribution in [0.15, 0.2) is 47.2 Å². The molecule has 146 valence electrons. The maximum absolute atomic E-state index is 6.28. The zero-order chi connectivity index (χ0) is 19.1. The topological polar surface area (TPSA) is 71.9 Å². The molecular weight excluding hydrogens is 420 g/mol. The number of hydrogen-bond donors (Lipinski definition) is 1. The Kier molecular flexibility index (Phi) is 4.80. The fourth-order valence-electron chi connectivity index (χ4n) is 4.29. The quantitative estimate of drug-likeness (QED) is 0.670. The van der Waals surface area contributed by atoms with Gasteiger partial charge in [-0.2, -0.15) is 5.10 Å². The third-order valence-corrected chi connectivity index (χ3v) is 6.33. The van der Waals surface area contributed by atoms with Crippen LogP contribution in [0, 0.1) is 0 Å². The summed E-state index contributed by atoms with van der Waals surface area (Å²) in [7, 11) is 0. The predicted molar refractivity (Wildman–Crippen MR) is 111 cm³/mol. The Morgan fingerprint density at radius 3 is 2.89 bits per heavy atom. The smallest absolute Gasteiger partial charge is 0.152 e. The number of nitrogens with zero attached hydrogens (tertiary/aromatic N) is 5. The molecule has 8 heteroatoms. The number of halogens is 1. The van der Waals surface area contributed by atoms with Gasteiger partial charge < -0.3 is 10.5 Å². The van der Waals surface area contributed by atoms with E-state index in [1.807, 2.05) is 4.52 Å². The Hall–Kier alpha value is -2.00. The van der Waals surface area contributed by atoms with E-state index in [9.17, 15) is 0 Å². The summed E-state index contributed by atoms with van der Waals surface area (Å²) in [5.41, 5.74) is 9.21. The zero-order valence-corrected chi connectivity index (χ0v) is 17.1. The average molecular weight is 443 g/mol. The number of morpholine rings is 1. The molecule has 3 aromatic rings. The van der Waals surface area contributed by atoms with Gasteiger partial charge in [-0.1, -0.05) is 30.3 Å². The van der Waals surface area contributed by atoms with Crippen LogP contribution < -0.4 is 5.73 Å². The minimum absolute atomic E-state index is 0.0231. The number of ether oxygens (including phenoxy) is 1. The van der Waals surface area contributed by atoms with Crippen molar-refractivity contribution in [3.63, 3.8) is 0 Å². The van der Waals surface area contributed by atoms with Gasteiger partial charge in [-0.25, -0.2) is 9.50 Å². The van der Waals surface area contributed by atoms with Gasteiger partial charge in [0.05, 0.1) is 12.3 Å². The third-order valence-electron chi connectivity index (χ3n) is 5.72. The third kappa shape index (κ3) is 3.30. The fraction of sp³-hybridized carbons (Fsp3) is 0.400. The number of aromatic nitrogens is 3. The summed E-state index contributed by atoms with van der Waals surface area (Å²) >= 11 is 3.59. The van der Waals surface area contributed by atoms with Crippen molar-refractivity contribution >= 4 is 27.3 Å². The molecule has 2 saturated heterocycles. The van der Waals surface area contributed by atoms with Gasteiger partial charge in [0, 0.05) is 43.2 Å². The summed E-state index contributed by atoms with van der Waals surface area (Å²) in [5.74, 6) is 0.469. The highest BCUT2D eigenvalue weighted by molar-refractivity contribution is 9.10. The molecule has 0 bridgehead atoms. The van der Waals surface area contributed by atoms with Crippen LogP contribution in [0.3, 0.4) is 0 Å². The maximum Gasteiger partial charge on any atom is 0.152 e. The number of hydrogen-bond acceptors (Lipinski definition) is 6. The van der Waals surface area contributed by atoms with Crippen molar-refractivity contribution in [2.45, 2.75) is 18.7 Å². The molecule has 2 aromatic heterocycles. The van der Waals surface area contributed by atoms with Crippen molar-refractivity contribution < 1.29 is 4.74 Å². The fourth-order valence-corrected chi connectivity index (χ4v) is 4.89. The van der Waals surface area contributed by atoms with Crippen LogP contribution in [0.5, 0.6) is 0 Å². The first-order valence-electron chi connectivity index (χ1n) is 9.58. The molecule has 4 heterocycles. The Labute approximate surface area is 172 Å². The molecule has 2 fully saturated rings. The molecule has 0 spiro atoms. The lowest BCUT2D eigenvalue weighted by molar-refractivity contribution is -0.0932. The Bertz CT molecular complexity index is 977. The van der Waals surface area contributed by atoms with Gasteiger partial charge in [0.15, 0.2) is 5.82 Å². The highest BCUT2D eigenvalue weighted by atomic mass is 79.9. The van der Waals surface area contributed by atoms with E-state index in [0.717, 1.165) is 55.0 Å². The first kappa shape index (κ1) is 18.1. The van der Waals surface area contributed by atoms with Gasteiger partial charge in [0.1, 0.15) is 17.9 Å². The molecule has 0 saturated carbocycles. The van der Waals surface area contributed by atoms with Crippen LogP contribution in [-0.2, 0) is 11.3 Å². The minimum atomic E-state index is -0.0231. The average Bonchev–Trinajstić information content (AvgIpc) is 3.06. The SMILES string of the molecule is Nc1ncnn2c(C3CN4CCN(Cc5ccccc5)CC4CO3)cc(Br)c12. The van der Waals surface area contributed by atoms with Crippen molar-refractivity contribution in [3.8, 4) is 0 Å². The van der Waals surface area contributed by atoms with E-state index in [-0.39, 0.29) is 6.10 Å². The second-order valence-electron chi connectivity index (χ2n) is 7.51. The lowest BCUT2D eigenvalue weighted by Crippen LogP contribution is -2.58. The van der Waals surface area contributed by atoms with E-state index >= 15 is 0 Å². The van der Waals surface area contributed by atoms with Crippen molar-refractivity contribution in [1.29, 1.82) is 0 Å². The summed E-state index contributed by atoms with van der Waals surface area (Å²) in [6, 6.07) is 13.2. The monoisotopic (exact) mass is 442 g/mol. The number of anilines is 1. The van der Waals surface area contributed by atoms with Gasteiger partial charge in [0.2, 0.25) is 0 Å². The Balaban J connectivity index is 1.29. The van der Waals surface area contributed by atoms with Crippen LogP contribution in [0.4, 0.5) is 5.82 Å². The van der Waals surface area contributed by atoms with E-state index in [2.05, 4.69) is 72.2 Å². The van der Waals surface area contributed by atoms with Gasteiger partial charge >= 0.3 is 0 Å². The Morgan fingerprint density at radius 1 is 1.18 bits per heavy atom. The highest BCUT2D eigenvalue weighted by Gasteiger charge is 2.35. The summed E-state index contributed by atoms with van der Waals surface area (Å²) in [5, 5.41) is 4.39. The molecule has 1 aromatic carbocycles. The number of nitrogens with two attached hydrogens (primary N) is 1. The lowest BCUT2D eigenvalue weighted by Gasteiger charge is -2.46. The normalized spacial score (nSPS) is 23.8. The minimum Gasteiger partial charge on any atom is -0.382 e. The van der Waals surface area contributed by atoms with Crippen LogP contribution in [0.1, 0.15) is 17.4 Å². The predicted octanol–water partition coefficient (Wildman–Crippen LogP) is 2.33. The Morgan fingerprint density at radius 2 is 2.04 bits per heavy atom. The first-order chi connectivity index (χ1) is 13.7. The largest absolute Gasteiger partial charge is 0.382 e. The first-order valence-corrected chi connectivity index (χ1v) is 10.4. The van der Waals surface area contributed by atoms with E-state index in [1.54, 1.807) is 0 Å². The number of piperazine rings is 1. The highest BCUT2D eigenvalue weighted by Crippen LogP contribution is 2.33. The second kappa shape index (κ2) is 7.44. The van der Waals surface area contributed by atoms with Crippen molar-refractivity contribution in [1.82, 2.24) is 24.4 Å². The molecule has 0 amide bonds. The van der Waals surface area contributed by atoms with Crippen LogP contribution >= 0.6 is 15.9 Å². The second-order valence-corrected chi connectivity index (χ2v) is 8.37. The molecule has 5 rings (SSSR count). The van der Waals surface area contributed by atoms with Crippen molar-refractivity contribution in [2.75, 3.05) is 38.5 Å². The standard InChI is InChI=1S/C20H23BrN6O/c21-16-8-17(27-19(16)20(22)23-13-24-27)18-11-26-7-6-25(10-15(26)12-28-18)9-14-4-2-1-3-5-14/h1-5,8,13,15,18H,6-7,9-12H2,(H2,22,23,24). The number of fused-ring (bicyclic) bond motifs is 2. The molecule has 2 unspecified atom stereocenters. The van der Waals surface area contributed by atoms with Crippen LogP contribution in [-0.4, -0.2) is 63.2 Å². The zero-order valence-electron chi connectivity index (χ0n) is 15.5. The van der Waals surface area contributed by atoms with Gasteiger partial charge in [-0.05, 0) is 27.6 Å². The molecule has 0 aliphatic carbocycles. The molecule has 28 heavy (non-hydrogen) atoms. The summed E-state index contributed by atoms with van der Waals surface area (Å²) in [6.45, 7) is 5.76. The number of rotatable bonds is 3. The molecule has 2 atom stereocenters. The molecule has 0 radical (unpaired) electrons. The molecule has 2 aliphatic rings. The number of nitrogen functional groups attached to an aromatic ring is 1. The van der Waals surface area contributed by atoms with E-state index in [4.69, 9.17) is 10.5 Å². The lowest BCUT2D eigenvalue weighted by atomic mass is 10.1. The van der Waals surface area contributed by atoms with Gasteiger partial charge in [0.25, 0.3) is 0 Å². The molecule has 2 aliphatic heterocycles. The van der Waals surface area contributed by atoms with E-state index in [1.165, 1.54) is 11.9 Å². The van der Waals surface area contributed by atoms with Gasteiger partial charge in [-0.15, -0.1) is 0 Å². The van der Waals surface area contributed by atoms with E-state index < -0.39 is 0 Å². The molecule has 2 N–H and O–H groups in total. The summed E-state index contributed by atoms with van der Waals surface area (Å²) in [4.78, 5) is 9.17. The van der Waals surface area contributed by atoms with Gasteiger partial charge in [-0.3, -0.25) is 9.80 Å². The number of benzene rings is 1. The summed E-state index contributed by atoms with van der Waals surface area (Å²) < 4.78 is 9.03. The van der Waals surface area contributed by atoms with Crippen molar-refractivity contribution in [2.24, 2.45) is 0 Å². The molecular formula is C20H23BrN6O. The molecule has 7 nitrogen and oxygen atoms in total. The maximum atomic E-state index is 6.28.